The largest absolute Gasteiger partial charge is 0.494 e. The van der Waals surface area contributed by atoms with Crippen LogP contribution in [0.1, 0.15) is 29.2 Å². The summed E-state index contributed by atoms with van der Waals surface area (Å²) >= 11 is 12.7. The monoisotopic (exact) mass is 496 g/mol. The minimum absolute atomic E-state index is 0.0741. The highest BCUT2D eigenvalue weighted by molar-refractivity contribution is 6.35. The third-order valence-electron chi connectivity index (χ3n) is 6.00. The van der Waals surface area contributed by atoms with Crippen molar-refractivity contribution in [3.63, 3.8) is 0 Å². The number of ether oxygens (including phenoxy) is 2. The summed E-state index contributed by atoms with van der Waals surface area (Å²) in [5.41, 5.74) is 1.87. The van der Waals surface area contributed by atoms with Crippen molar-refractivity contribution in [2.45, 2.75) is 24.5 Å². The van der Waals surface area contributed by atoms with Gasteiger partial charge in [0, 0.05) is 46.3 Å². The number of amides is 1. The lowest BCUT2D eigenvalue weighted by Gasteiger charge is -2.35. The molecule has 3 aromatic carbocycles. The van der Waals surface area contributed by atoms with Crippen molar-refractivity contribution in [1.82, 2.24) is 0 Å². The zero-order valence-corrected chi connectivity index (χ0v) is 19.6. The number of aliphatic hydroxyl groups is 1. The Morgan fingerprint density at radius 3 is 2.68 bits per heavy atom. The number of hydrogen-bond acceptors (Lipinski definition) is 5. The van der Waals surface area contributed by atoms with E-state index in [1.807, 2.05) is 48.5 Å². The molecule has 174 valence electrons. The van der Waals surface area contributed by atoms with Crippen molar-refractivity contribution in [3.05, 3.63) is 93.5 Å². The molecule has 5 rings (SSSR count). The van der Waals surface area contributed by atoms with Crippen molar-refractivity contribution in [2.75, 3.05) is 18.5 Å². The number of aliphatic imine (C=N–C) groups is 1. The van der Waals surface area contributed by atoms with Gasteiger partial charge in [0.15, 0.2) is 11.6 Å². The second kappa shape index (κ2) is 9.29. The van der Waals surface area contributed by atoms with Crippen molar-refractivity contribution < 1.29 is 19.4 Å². The van der Waals surface area contributed by atoms with Gasteiger partial charge in [-0.1, -0.05) is 47.5 Å². The number of fused-ring (bicyclic) bond motifs is 1. The molecule has 0 saturated heterocycles. The predicted octanol–water partition coefficient (Wildman–Crippen LogP) is 5.21. The van der Waals surface area contributed by atoms with Crippen LogP contribution in [0.25, 0.3) is 0 Å². The first-order valence-electron chi connectivity index (χ1n) is 10.9. The first kappa shape index (κ1) is 22.7. The number of para-hydroxylation sites is 1. The van der Waals surface area contributed by atoms with Gasteiger partial charge in [0.1, 0.15) is 5.75 Å². The molecule has 2 aliphatic rings. The van der Waals surface area contributed by atoms with Crippen LogP contribution in [0.15, 0.2) is 71.7 Å². The maximum atomic E-state index is 13.5. The Morgan fingerprint density at radius 1 is 1.12 bits per heavy atom. The first-order chi connectivity index (χ1) is 16.5. The smallest absolute Gasteiger partial charge is 0.257 e. The molecule has 0 saturated carbocycles. The molecule has 2 heterocycles. The van der Waals surface area contributed by atoms with Gasteiger partial charge in [0.2, 0.25) is 5.90 Å². The van der Waals surface area contributed by atoms with E-state index < -0.39 is 11.6 Å². The number of hydrogen-bond donors (Lipinski definition) is 2. The SMILES string of the molecule is O=C1Nc2ccccc2C[C@]12N=C(c1ccc(OCCCO)cc1)O[C@@H]2c1ccc(Cl)cc1Cl. The average Bonchev–Trinajstić information content (AvgIpc) is 3.20. The Balaban J connectivity index is 1.54. The maximum absolute atomic E-state index is 13.5. The third-order valence-corrected chi connectivity index (χ3v) is 6.56. The number of nitrogens with zero attached hydrogens (tertiary/aromatic N) is 1. The Hall–Kier alpha value is -3.06. The van der Waals surface area contributed by atoms with Crippen LogP contribution in [0.3, 0.4) is 0 Å². The van der Waals surface area contributed by atoms with Gasteiger partial charge in [-0.25, -0.2) is 4.99 Å². The van der Waals surface area contributed by atoms with Crippen LogP contribution < -0.4 is 10.1 Å². The topological polar surface area (TPSA) is 80.2 Å². The van der Waals surface area contributed by atoms with E-state index in [4.69, 9.17) is 42.8 Å². The standard InChI is InChI=1S/C26H22Cl2N2O4/c27-18-8-11-20(21(28)14-18)23-26(15-17-4-1-2-5-22(17)29-25(26)32)30-24(34-23)16-6-9-19(10-7-16)33-13-3-12-31/h1-2,4-11,14,23,31H,3,12-13,15H2,(H,29,32)/t23-,26-/m1/s1. The molecule has 0 fully saturated rings. The number of anilines is 1. The molecule has 0 unspecified atom stereocenters. The fourth-order valence-corrected chi connectivity index (χ4v) is 4.80. The van der Waals surface area contributed by atoms with E-state index in [0.29, 0.717) is 52.3 Å². The van der Waals surface area contributed by atoms with Crippen LogP contribution in [0.5, 0.6) is 5.75 Å². The van der Waals surface area contributed by atoms with Crippen molar-refractivity contribution >= 4 is 40.7 Å². The second-order valence-electron chi connectivity index (χ2n) is 8.24. The average molecular weight is 497 g/mol. The van der Waals surface area contributed by atoms with Gasteiger partial charge in [-0.15, -0.1) is 0 Å². The van der Waals surface area contributed by atoms with Gasteiger partial charge in [-0.3, -0.25) is 4.79 Å². The molecule has 2 aliphatic heterocycles. The number of benzene rings is 3. The van der Waals surface area contributed by atoms with Crippen LogP contribution >= 0.6 is 23.2 Å². The van der Waals surface area contributed by atoms with Crippen LogP contribution in [0.2, 0.25) is 10.0 Å². The Bertz CT molecular complexity index is 1260. The number of carbonyl (C=O) groups excluding carboxylic acids is 1. The zero-order valence-electron chi connectivity index (χ0n) is 18.1. The number of nitrogens with one attached hydrogen (secondary N) is 1. The summed E-state index contributed by atoms with van der Waals surface area (Å²) in [5.74, 6) is 0.778. The van der Waals surface area contributed by atoms with Crippen molar-refractivity contribution in [2.24, 2.45) is 4.99 Å². The molecule has 3 aromatic rings. The van der Waals surface area contributed by atoms with Crippen LogP contribution in [-0.4, -0.2) is 35.7 Å². The minimum atomic E-state index is -1.22. The Labute approximate surface area is 207 Å². The van der Waals surface area contributed by atoms with E-state index in [-0.39, 0.29) is 12.5 Å². The molecule has 6 nitrogen and oxygen atoms in total. The summed E-state index contributed by atoms with van der Waals surface area (Å²) in [6.45, 7) is 0.498. The highest BCUT2D eigenvalue weighted by Gasteiger charge is 2.55. The lowest BCUT2D eigenvalue weighted by atomic mass is 9.79. The Morgan fingerprint density at radius 2 is 1.91 bits per heavy atom. The highest BCUT2D eigenvalue weighted by atomic mass is 35.5. The van der Waals surface area contributed by atoms with Gasteiger partial charge >= 0.3 is 0 Å². The van der Waals surface area contributed by atoms with Crippen molar-refractivity contribution in [3.8, 4) is 5.75 Å². The molecular formula is C26H22Cl2N2O4. The van der Waals surface area contributed by atoms with Gasteiger partial charge in [0.25, 0.3) is 5.91 Å². The molecule has 1 amide bonds. The predicted molar refractivity (Wildman–Crippen MR) is 132 cm³/mol. The van der Waals surface area contributed by atoms with Gasteiger partial charge < -0.3 is 19.9 Å². The number of halogens is 2. The fourth-order valence-electron chi connectivity index (χ4n) is 4.29. The van der Waals surface area contributed by atoms with Gasteiger partial charge in [-0.05, 0) is 48.0 Å². The molecule has 2 atom stereocenters. The summed E-state index contributed by atoms with van der Waals surface area (Å²) in [4.78, 5) is 18.4. The van der Waals surface area contributed by atoms with E-state index in [9.17, 15) is 4.79 Å². The summed E-state index contributed by atoms with van der Waals surface area (Å²) in [7, 11) is 0. The number of carbonyl (C=O) groups is 1. The van der Waals surface area contributed by atoms with Crippen LogP contribution in [-0.2, 0) is 16.0 Å². The van der Waals surface area contributed by atoms with Gasteiger partial charge in [-0.2, -0.15) is 0 Å². The van der Waals surface area contributed by atoms with E-state index in [1.54, 1.807) is 18.2 Å². The molecule has 8 heteroatoms. The lowest BCUT2D eigenvalue weighted by Crippen LogP contribution is -2.49. The van der Waals surface area contributed by atoms with E-state index in [2.05, 4.69) is 5.32 Å². The molecular weight excluding hydrogens is 475 g/mol. The maximum Gasteiger partial charge on any atom is 0.257 e. The molecule has 0 aromatic heterocycles. The highest BCUT2D eigenvalue weighted by Crippen LogP contribution is 2.47. The quantitative estimate of drug-likeness (QED) is 0.459. The second-order valence-corrected chi connectivity index (χ2v) is 9.09. The Kier molecular flexibility index (Phi) is 6.21. The molecule has 1 spiro atoms. The van der Waals surface area contributed by atoms with Crippen molar-refractivity contribution in [1.29, 1.82) is 0 Å². The third kappa shape index (κ3) is 4.13. The van der Waals surface area contributed by atoms with E-state index in [1.165, 1.54) is 0 Å². The number of aliphatic hydroxyl groups excluding tert-OH is 1. The van der Waals surface area contributed by atoms with Crippen LogP contribution in [0.4, 0.5) is 5.69 Å². The molecule has 0 radical (unpaired) electrons. The molecule has 2 N–H and O–H groups in total. The van der Waals surface area contributed by atoms with E-state index >= 15 is 0 Å². The number of rotatable bonds is 6. The summed E-state index contributed by atoms with van der Waals surface area (Å²) in [6, 6.07) is 20.1. The first-order valence-corrected chi connectivity index (χ1v) is 11.7. The van der Waals surface area contributed by atoms with Crippen LogP contribution in [0, 0.1) is 0 Å². The summed E-state index contributed by atoms with van der Waals surface area (Å²) in [6.07, 6.45) is 0.186. The lowest BCUT2D eigenvalue weighted by molar-refractivity contribution is -0.124. The van der Waals surface area contributed by atoms with E-state index in [0.717, 1.165) is 11.3 Å². The normalized spacial score (nSPS) is 21.0. The van der Waals surface area contributed by atoms with Gasteiger partial charge in [0.05, 0.1) is 6.61 Å². The minimum Gasteiger partial charge on any atom is -0.494 e. The fraction of sp³-hybridized carbons (Fsp3) is 0.231. The summed E-state index contributed by atoms with van der Waals surface area (Å²) in [5, 5.41) is 12.8. The zero-order chi connectivity index (χ0) is 23.7. The molecule has 34 heavy (non-hydrogen) atoms. The molecule has 0 aliphatic carbocycles. The molecule has 0 bridgehead atoms. The summed E-state index contributed by atoms with van der Waals surface area (Å²) < 4.78 is 12.0.